The summed E-state index contributed by atoms with van der Waals surface area (Å²) >= 11 is 3.31. The molecule has 0 unspecified atom stereocenters. The van der Waals surface area contributed by atoms with Gasteiger partial charge in [0.15, 0.2) is 0 Å². The van der Waals surface area contributed by atoms with Gasteiger partial charge in [0.05, 0.1) is 17.2 Å². The van der Waals surface area contributed by atoms with Crippen molar-refractivity contribution in [1.29, 1.82) is 0 Å². The summed E-state index contributed by atoms with van der Waals surface area (Å²) in [6.07, 6.45) is 1.34. The van der Waals surface area contributed by atoms with Crippen LogP contribution in [0.3, 0.4) is 0 Å². The van der Waals surface area contributed by atoms with Gasteiger partial charge in [-0.25, -0.2) is 9.37 Å². The third-order valence-electron chi connectivity index (χ3n) is 3.79. The van der Waals surface area contributed by atoms with Gasteiger partial charge < -0.3 is 0 Å². The van der Waals surface area contributed by atoms with Crippen molar-refractivity contribution in [3.05, 3.63) is 75.0 Å². The summed E-state index contributed by atoms with van der Waals surface area (Å²) in [7, 11) is 0. The highest BCUT2D eigenvalue weighted by Gasteiger charge is 2.09. The van der Waals surface area contributed by atoms with Crippen LogP contribution in [0.1, 0.15) is 16.8 Å². The van der Waals surface area contributed by atoms with Crippen LogP contribution in [-0.4, -0.2) is 21.4 Å². The van der Waals surface area contributed by atoms with Gasteiger partial charge in [-0.2, -0.15) is 0 Å². The molecule has 0 aliphatic carbocycles. The fourth-order valence-electron chi connectivity index (χ4n) is 2.37. The molecule has 1 heterocycles. The van der Waals surface area contributed by atoms with Gasteiger partial charge in [0.25, 0.3) is 11.5 Å². The predicted molar refractivity (Wildman–Crippen MR) is 100 cm³/mol. The maximum absolute atomic E-state index is 12.8. The first-order chi connectivity index (χ1) is 12.9. The van der Waals surface area contributed by atoms with Crippen LogP contribution in [0.4, 0.5) is 4.39 Å². The number of fused-ring (bicyclic) bond motifs is 1. The molecule has 7 nitrogen and oxygen atoms in total. The lowest BCUT2D eigenvalue weighted by Gasteiger charge is -2.09. The van der Waals surface area contributed by atoms with Crippen molar-refractivity contribution in [2.24, 2.45) is 0 Å². The number of carbonyl (C=O) groups is 2. The molecule has 3 rings (SSSR count). The number of nitrogens with zero attached hydrogens (tertiary/aromatic N) is 2. The van der Waals surface area contributed by atoms with Gasteiger partial charge in [0.1, 0.15) is 5.82 Å². The molecule has 0 atom stereocenters. The third-order valence-corrected chi connectivity index (χ3v) is 4.28. The zero-order valence-corrected chi connectivity index (χ0v) is 15.5. The van der Waals surface area contributed by atoms with Crippen molar-refractivity contribution in [1.82, 2.24) is 20.4 Å². The zero-order chi connectivity index (χ0) is 19.4. The molecule has 2 aromatic carbocycles. The van der Waals surface area contributed by atoms with E-state index in [9.17, 15) is 18.8 Å². The molecule has 0 bridgehead atoms. The van der Waals surface area contributed by atoms with Gasteiger partial charge in [-0.3, -0.25) is 29.8 Å². The molecule has 0 radical (unpaired) electrons. The highest BCUT2D eigenvalue weighted by Crippen LogP contribution is 2.14. The number of halogens is 2. The summed E-state index contributed by atoms with van der Waals surface area (Å²) in [5, 5.41) is 0.442. The topological polar surface area (TPSA) is 93.1 Å². The molecule has 0 fully saturated rings. The van der Waals surface area contributed by atoms with Crippen LogP contribution in [0.5, 0.6) is 0 Å². The SMILES string of the molecule is O=C(CCn1cnc2ccc(Br)cc2c1=O)NNC(=O)c1ccc(F)cc1. The number of benzene rings is 2. The van der Waals surface area contributed by atoms with E-state index < -0.39 is 17.6 Å². The lowest BCUT2D eigenvalue weighted by Crippen LogP contribution is -2.42. The standard InChI is InChI=1S/C18H14BrFN4O3/c19-12-3-6-15-14(9-12)18(27)24(10-21-15)8-7-16(25)22-23-17(26)11-1-4-13(20)5-2-11/h1-6,9-10H,7-8H2,(H,22,25)(H,23,26). The molecule has 0 saturated carbocycles. The van der Waals surface area contributed by atoms with E-state index in [0.29, 0.717) is 10.9 Å². The molecule has 0 aliphatic heterocycles. The molecular weight excluding hydrogens is 419 g/mol. The first kappa shape index (κ1) is 18.7. The Morgan fingerprint density at radius 2 is 1.85 bits per heavy atom. The number of hydrogen-bond acceptors (Lipinski definition) is 4. The van der Waals surface area contributed by atoms with Crippen molar-refractivity contribution in [3.63, 3.8) is 0 Å². The van der Waals surface area contributed by atoms with Crippen LogP contribution in [0, 0.1) is 5.82 Å². The van der Waals surface area contributed by atoms with E-state index in [0.717, 1.165) is 16.6 Å². The average Bonchev–Trinajstić information content (AvgIpc) is 2.66. The Bertz CT molecular complexity index is 1070. The predicted octanol–water partition coefficient (Wildman–Crippen LogP) is 2.15. The first-order valence-corrected chi connectivity index (χ1v) is 8.73. The Hall–Kier alpha value is -3.07. The Kier molecular flexibility index (Phi) is 5.60. The van der Waals surface area contributed by atoms with E-state index in [1.165, 1.54) is 23.0 Å². The zero-order valence-electron chi connectivity index (χ0n) is 13.9. The minimum absolute atomic E-state index is 0.0369. The fraction of sp³-hybridized carbons (Fsp3) is 0.111. The number of aryl methyl sites for hydroxylation is 1. The van der Waals surface area contributed by atoms with Crippen molar-refractivity contribution in [2.75, 3.05) is 0 Å². The highest BCUT2D eigenvalue weighted by molar-refractivity contribution is 9.10. The number of amides is 2. The molecule has 0 saturated heterocycles. The molecule has 3 aromatic rings. The monoisotopic (exact) mass is 432 g/mol. The van der Waals surface area contributed by atoms with Gasteiger partial charge in [0, 0.05) is 23.0 Å². The number of nitrogens with one attached hydrogen (secondary N) is 2. The Labute approximate surface area is 161 Å². The van der Waals surface area contributed by atoms with Gasteiger partial charge in [0.2, 0.25) is 5.91 Å². The van der Waals surface area contributed by atoms with Crippen molar-refractivity contribution in [3.8, 4) is 0 Å². The molecule has 27 heavy (non-hydrogen) atoms. The molecule has 0 aliphatic rings. The lowest BCUT2D eigenvalue weighted by atomic mass is 10.2. The molecule has 0 spiro atoms. The summed E-state index contributed by atoms with van der Waals surface area (Å²) in [5.41, 5.74) is 5.00. The van der Waals surface area contributed by atoms with Crippen LogP contribution >= 0.6 is 15.9 Å². The van der Waals surface area contributed by atoms with Crippen LogP contribution in [0.15, 0.2) is 58.1 Å². The summed E-state index contributed by atoms with van der Waals surface area (Å²) in [6.45, 7) is 0.104. The second kappa shape index (κ2) is 8.09. The number of hydrogen-bond donors (Lipinski definition) is 2. The van der Waals surface area contributed by atoms with Gasteiger partial charge in [-0.05, 0) is 42.5 Å². The van der Waals surface area contributed by atoms with Crippen LogP contribution < -0.4 is 16.4 Å². The van der Waals surface area contributed by atoms with E-state index in [-0.39, 0.29) is 24.1 Å². The van der Waals surface area contributed by atoms with Crippen molar-refractivity contribution < 1.29 is 14.0 Å². The average molecular weight is 433 g/mol. The third kappa shape index (κ3) is 4.56. The molecule has 1 aromatic heterocycles. The molecule has 2 amide bonds. The number of hydrazine groups is 1. The van der Waals surface area contributed by atoms with Gasteiger partial charge >= 0.3 is 0 Å². The molecular formula is C18H14BrFN4O3. The second-order valence-corrected chi connectivity index (χ2v) is 6.58. The Morgan fingerprint density at radius 1 is 1.11 bits per heavy atom. The maximum Gasteiger partial charge on any atom is 0.269 e. The lowest BCUT2D eigenvalue weighted by molar-refractivity contribution is -0.122. The number of aromatic nitrogens is 2. The van der Waals surface area contributed by atoms with Crippen LogP contribution in [0.25, 0.3) is 10.9 Å². The minimum atomic E-state index is -0.572. The van der Waals surface area contributed by atoms with E-state index >= 15 is 0 Å². The van der Waals surface area contributed by atoms with Gasteiger partial charge in [-0.1, -0.05) is 15.9 Å². The molecule has 2 N–H and O–H groups in total. The molecule has 9 heteroatoms. The van der Waals surface area contributed by atoms with E-state index in [1.807, 2.05) is 0 Å². The van der Waals surface area contributed by atoms with E-state index in [1.54, 1.807) is 18.2 Å². The van der Waals surface area contributed by atoms with Crippen LogP contribution in [0.2, 0.25) is 0 Å². The summed E-state index contributed by atoms with van der Waals surface area (Å²) in [6, 6.07) is 10.1. The van der Waals surface area contributed by atoms with Gasteiger partial charge in [-0.15, -0.1) is 0 Å². The Balaban J connectivity index is 1.58. The van der Waals surface area contributed by atoms with Crippen LogP contribution in [-0.2, 0) is 11.3 Å². The van der Waals surface area contributed by atoms with Crippen molar-refractivity contribution in [2.45, 2.75) is 13.0 Å². The number of rotatable bonds is 4. The van der Waals surface area contributed by atoms with E-state index in [4.69, 9.17) is 0 Å². The Morgan fingerprint density at radius 3 is 2.59 bits per heavy atom. The highest BCUT2D eigenvalue weighted by atomic mass is 79.9. The summed E-state index contributed by atoms with van der Waals surface area (Å²) < 4.78 is 14.9. The normalized spacial score (nSPS) is 10.6. The largest absolute Gasteiger partial charge is 0.298 e. The second-order valence-electron chi connectivity index (χ2n) is 5.66. The summed E-state index contributed by atoms with van der Waals surface area (Å²) in [5.74, 6) is -1.51. The minimum Gasteiger partial charge on any atom is -0.298 e. The fourth-order valence-corrected chi connectivity index (χ4v) is 2.74. The first-order valence-electron chi connectivity index (χ1n) is 7.93. The smallest absolute Gasteiger partial charge is 0.269 e. The summed E-state index contributed by atoms with van der Waals surface area (Å²) in [4.78, 5) is 40.4. The maximum atomic E-state index is 12.8. The quantitative estimate of drug-likeness (QED) is 0.617. The number of carbonyl (C=O) groups excluding carboxylic acids is 2. The van der Waals surface area contributed by atoms with Crippen molar-refractivity contribution >= 4 is 38.6 Å². The molecule has 138 valence electrons. The van der Waals surface area contributed by atoms with E-state index in [2.05, 4.69) is 31.8 Å².